The predicted molar refractivity (Wildman–Crippen MR) is 95.6 cm³/mol. The van der Waals surface area contributed by atoms with Crippen LogP contribution in [-0.4, -0.2) is 26.7 Å². The van der Waals surface area contributed by atoms with Gasteiger partial charge >= 0.3 is 0 Å². The van der Waals surface area contributed by atoms with Gasteiger partial charge in [-0.2, -0.15) is 11.3 Å². The largest absolute Gasteiger partial charge is 0.493 e. The molecule has 0 aliphatic rings. The number of ether oxygens (including phenoxy) is 2. The molecule has 124 valence electrons. The van der Waals surface area contributed by atoms with Crippen LogP contribution < -0.4 is 20.5 Å². The molecule has 0 spiro atoms. The van der Waals surface area contributed by atoms with Gasteiger partial charge in [-0.05, 0) is 46.0 Å². The summed E-state index contributed by atoms with van der Waals surface area (Å²) >= 11 is 1.70. The second-order valence-corrected chi connectivity index (χ2v) is 6.01. The molecule has 0 radical (unpaired) electrons. The van der Waals surface area contributed by atoms with Gasteiger partial charge in [0.15, 0.2) is 17.5 Å². The molecule has 1 aromatic carbocycles. The van der Waals surface area contributed by atoms with Crippen molar-refractivity contribution >= 4 is 17.3 Å². The van der Waals surface area contributed by atoms with E-state index in [-0.39, 0.29) is 0 Å². The second kappa shape index (κ2) is 8.43. The van der Waals surface area contributed by atoms with Gasteiger partial charge in [0.25, 0.3) is 0 Å². The van der Waals surface area contributed by atoms with Crippen LogP contribution in [0.5, 0.6) is 11.5 Å². The number of benzene rings is 1. The van der Waals surface area contributed by atoms with E-state index in [4.69, 9.17) is 15.2 Å². The Morgan fingerprint density at radius 1 is 1.26 bits per heavy atom. The summed E-state index contributed by atoms with van der Waals surface area (Å²) in [4.78, 5) is 4.37. The fourth-order valence-corrected chi connectivity index (χ4v) is 2.92. The normalized spacial score (nSPS) is 12.7. The van der Waals surface area contributed by atoms with Crippen molar-refractivity contribution in [3.05, 3.63) is 46.2 Å². The fraction of sp³-hybridized carbons (Fsp3) is 0.353. The minimum atomic E-state index is 0.399. The van der Waals surface area contributed by atoms with Crippen molar-refractivity contribution < 1.29 is 9.47 Å². The standard InChI is InChI=1S/C17H23N3O2S/c1-12(14-6-7-23-11-14)9-19-17(18)20-10-13-4-5-15(21-2)16(8-13)22-3/h4-8,11-12H,9-10H2,1-3H3,(H3,18,19,20). The number of hydrogen-bond acceptors (Lipinski definition) is 4. The lowest BCUT2D eigenvalue weighted by Crippen LogP contribution is -2.34. The molecule has 0 fully saturated rings. The molecule has 2 aromatic rings. The number of nitrogens with zero attached hydrogens (tertiary/aromatic N) is 1. The second-order valence-electron chi connectivity index (χ2n) is 5.23. The Labute approximate surface area is 141 Å². The van der Waals surface area contributed by atoms with E-state index in [2.05, 4.69) is 34.1 Å². The number of guanidine groups is 1. The van der Waals surface area contributed by atoms with Gasteiger partial charge in [-0.25, -0.2) is 4.99 Å². The average Bonchev–Trinajstić information content (AvgIpc) is 3.12. The van der Waals surface area contributed by atoms with E-state index in [1.807, 2.05) is 18.2 Å². The summed E-state index contributed by atoms with van der Waals surface area (Å²) in [5.41, 5.74) is 8.26. The number of nitrogens with two attached hydrogens (primary N) is 1. The molecular weight excluding hydrogens is 310 g/mol. The maximum absolute atomic E-state index is 5.94. The Morgan fingerprint density at radius 2 is 2.04 bits per heavy atom. The molecule has 0 aliphatic carbocycles. The summed E-state index contributed by atoms with van der Waals surface area (Å²) in [5, 5.41) is 7.41. The van der Waals surface area contributed by atoms with Gasteiger partial charge in [0.2, 0.25) is 0 Å². The maximum Gasteiger partial charge on any atom is 0.188 e. The van der Waals surface area contributed by atoms with Crippen molar-refractivity contribution in [3.8, 4) is 11.5 Å². The fourth-order valence-electron chi connectivity index (χ4n) is 2.14. The topological polar surface area (TPSA) is 68.9 Å². The molecule has 0 saturated carbocycles. The summed E-state index contributed by atoms with van der Waals surface area (Å²) in [7, 11) is 3.24. The molecule has 0 saturated heterocycles. The van der Waals surface area contributed by atoms with Gasteiger partial charge in [-0.1, -0.05) is 13.0 Å². The lowest BCUT2D eigenvalue weighted by Gasteiger charge is -2.12. The van der Waals surface area contributed by atoms with Crippen LogP contribution in [0.1, 0.15) is 24.0 Å². The molecule has 6 heteroatoms. The van der Waals surface area contributed by atoms with Crippen molar-refractivity contribution in [2.75, 3.05) is 20.8 Å². The molecule has 1 heterocycles. The van der Waals surface area contributed by atoms with Crippen molar-refractivity contribution in [1.29, 1.82) is 0 Å². The van der Waals surface area contributed by atoms with Crippen LogP contribution >= 0.6 is 11.3 Å². The molecule has 5 nitrogen and oxygen atoms in total. The van der Waals surface area contributed by atoms with Crippen LogP contribution in [0.4, 0.5) is 0 Å². The van der Waals surface area contributed by atoms with Crippen LogP contribution in [-0.2, 0) is 6.54 Å². The Hall–Kier alpha value is -2.21. The smallest absolute Gasteiger partial charge is 0.188 e. The molecule has 0 aliphatic heterocycles. The summed E-state index contributed by atoms with van der Waals surface area (Å²) in [6, 6.07) is 7.86. The van der Waals surface area contributed by atoms with Crippen LogP contribution in [0.3, 0.4) is 0 Å². The molecule has 1 aromatic heterocycles. The Bertz CT molecular complexity index is 641. The van der Waals surface area contributed by atoms with Gasteiger partial charge in [-0.15, -0.1) is 0 Å². The molecule has 0 amide bonds. The summed E-state index contributed by atoms with van der Waals surface area (Å²) < 4.78 is 10.5. The highest BCUT2D eigenvalue weighted by molar-refractivity contribution is 7.07. The molecule has 0 bridgehead atoms. The third-order valence-corrected chi connectivity index (χ3v) is 4.28. The van der Waals surface area contributed by atoms with E-state index in [9.17, 15) is 0 Å². The minimum Gasteiger partial charge on any atom is -0.493 e. The lowest BCUT2D eigenvalue weighted by molar-refractivity contribution is 0.354. The predicted octanol–water partition coefficient (Wildman–Crippen LogP) is 2.97. The number of hydrogen-bond donors (Lipinski definition) is 2. The van der Waals surface area contributed by atoms with E-state index in [1.54, 1.807) is 25.6 Å². The number of methoxy groups -OCH3 is 2. The third kappa shape index (κ3) is 4.89. The zero-order chi connectivity index (χ0) is 16.7. The van der Waals surface area contributed by atoms with E-state index in [1.165, 1.54) is 5.56 Å². The van der Waals surface area contributed by atoms with Crippen molar-refractivity contribution in [1.82, 2.24) is 5.32 Å². The van der Waals surface area contributed by atoms with Gasteiger partial charge in [0, 0.05) is 6.54 Å². The lowest BCUT2D eigenvalue weighted by atomic mass is 10.1. The molecule has 3 N–H and O–H groups in total. The first-order valence-electron chi connectivity index (χ1n) is 7.40. The zero-order valence-electron chi connectivity index (χ0n) is 13.7. The SMILES string of the molecule is COc1ccc(CN=C(N)NCC(C)c2ccsc2)cc1OC. The van der Waals surface area contributed by atoms with E-state index in [0.29, 0.717) is 29.9 Å². The first kappa shape index (κ1) is 17.1. The third-order valence-electron chi connectivity index (χ3n) is 3.58. The first-order chi connectivity index (χ1) is 11.1. The van der Waals surface area contributed by atoms with Crippen LogP contribution in [0, 0.1) is 0 Å². The number of rotatable bonds is 7. The Balaban J connectivity index is 1.89. The molecule has 23 heavy (non-hydrogen) atoms. The highest BCUT2D eigenvalue weighted by Gasteiger charge is 2.06. The molecule has 1 unspecified atom stereocenters. The van der Waals surface area contributed by atoms with E-state index < -0.39 is 0 Å². The highest BCUT2D eigenvalue weighted by atomic mass is 32.1. The van der Waals surface area contributed by atoms with Crippen molar-refractivity contribution in [2.45, 2.75) is 19.4 Å². The maximum atomic E-state index is 5.94. The number of aliphatic imine (C=N–C) groups is 1. The average molecular weight is 333 g/mol. The highest BCUT2D eigenvalue weighted by Crippen LogP contribution is 2.27. The summed E-state index contributed by atoms with van der Waals surface area (Å²) in [6.45, 7) is 3.42. The number of thiophene rings is 1. The van der Waals surface area contributed by atoms with Gasteiger partial charge in [0.05, 0.1) is 20.8 Å². The van der Waals surface area contributed by atoms with Crippen LogP contribution in [0.25, 0.3) is 0 Å². The monoisotopic (exact) mass is 333 g/mol. The Morgan fingerprint density at radius 3 is 2.70 bits per heavy atom. The molecular formula is C17H23N3O2S. The molecule has 2 rings (SSSR count). The van der Waals surface area contributed by atoms with Crippen LogP contribution in [0.15, 0.2) is 40.0 Å². The van der Waals surface area contributed by atoms with Crippen LogP contribution in [0.2, 0.25) is 0 Å². The van der Waals surface area contributed by atoms with E-state index in [0.717, 1.165) is 12.1 Å². The van der Waals surface area contributed by atoms with Crippen molar-refractivity contribution in [2.24, 2.45) is 10.7 Å². The first-order valence-corrected chi connectivity index (χ1v) is 8.35. The zero-order valence-corrected chi connectivity index (χ0v) is 14.5. The summed E-state index contributed by atoms with van der Waals surface area (Å²) in [5.74, 6) is 2.24. The van der Waals surface area contributed by atoms with Gasteiger partial charge < -0.3 is 20.5 Å². The van der Waals surface area contributed by atoms with Crippen molar-refractivity contribution in [3.63, 3.8) is 0 Å². The number of nitrogens with one attached hydrogen (secondary N) is 1. The van der Waals surface area contributed by atoms with Gasteiger partial charge in [-0.3, -0.25) is 0 Å². The quantitative estimate of drug-likeness (QED) is 0.604. The van der Waals surface area contributed by atoms with Gasteiger partial charge in [0.1, 0.15) is 0 Å². The minimum absolute atomic E-state index is 0.399. The molecule has 1 atom stereocenters. The Kier molecular flexibility index (Phi) is 6.29. The van der Waals surface area contributed by atoms with E-state index >= 15 is 0 Å². The summed E-state index contributed by atoms with van der Waals surface area (Å²) in [6.07, 6.45) is 0.